The highest BCUT2D eigenvalue weighted by Gasteiger charge is 2.25. The average Bonchev–Trinajstić information content (AvgIpc) is 2.55. The van der Waals surface area contributed by atoms with Gasteiger partial charge in [-0.15, -0.1) is 0 Å². The number of benzene rings is 1. The number of aliphatic hydroxyl groups excluding tert-OH is 1. The minimum absolute atomic E-state index is 0.158. The van der Waals surface area contributed by atoms with Crippen molar-refractivity contribution >= 4 is 5.97 Å². The second-order valence-electron chi connectivity index (χ2n) is 5.90. The van der Waals surface area contributed by atoms with Gasteiger partial charge in [0.2, 0.25) is 0 Å². The molecule has 2 unspecified atom stereocenters. The maximum atomic E-state index is 11.2. The van der Waals surface area contributed by atoms with Crippen molar-refractivity contribution in [1.29, 1.82) is 0 Å². The Hall–Kier alpha value is -1.43. The topological polar surface area (TPSA) is 53.0 Å². The molecular weight excluding hydrogens is 280 g/mol. The highest BCUT2D eigenvalue weighted by atomic mass is 16.5. The number of hydrogen-bond acceptors (Lipinski definition) is 5. The minimum atomic E-state index is -0.453. The van der Waals surface area contributed by atoms with Crippen molar-refractivity contribution in [3.63, 3.8) is 0 Å². The lowest BCUT2D eigenvalue weighted by atomic mass is 10.1. The summed E-state index contributed by atoms with van der Waals surface area (Å²) >= 11 is 0. The van der Waals surface area contributed by atoms with Crippen molar-refractivity contribution in [2.75, 3.05) is 39.8 Å². The SMILES string of the molecule is COC(=O)CCN1CCN(CC(O)c2ccccc2)C(C)C1. The molecule has 0 aliphatic carbocycles. The number of carbonyl (C=O) groups excluding carboxylic acids is 1. The summed E-state index contributed by atoms with van der Waals surface area (Å²) in [5.41, 5.74) is 0.961. The molecule has 0 aromatic heterocycles. The fourth-order valence-electron chi connectivity index (χ4n) is 2.90. The molecule has 1 fully saturated rings. The Morgan fingerprint density at radius 1 is 1.36 bits per heavy atom. The molecule has 2 rings (SSSR count). The van der Waals surface area contributed by atoms with Gasteiger partial charge in [0.25, 0.3) is 0 Å². The smallest absolute Gasteiger partial charge is 0.306 e. The average molecular weight is 306 g/mol. The molecule has 0 amide bonds. The van der Waals surface area contributed by atoms with Crippen molar-refractivity contribution in [3.05, 3.63) is 35.9 Å². The van der Waals surface area contributed by atoms with E-state index in [1.165, 1.54) is 7.11 Å². The molecule has 2 atom stereocenters. The van der Waals surface area contributed by atoms with Crippen molar-refractivity contribution in [2.24, 2.45) is 0 Å². The van der Waals surface area contributed by atoms with Gasteiger partial charge in [-0.1, -0.05) is 30.3 Å². The van der Waals surface area contributed by atoms with E-state index in [0.717, 1.165) is 31.7 Å². The van der Waals surface area contributed by atoms with Crippen LogP contribution in [0.15, 0.2) is 30.3 Å². The second kappa shape index (κ2) is 8.27. The molecule has 0 radical (unpaired) electrons. The van der Waals surface area contributed by atoms with Gasteiger partial charge in [-0.25, -0.2) is 0 Å². The van der Waals surface area contributed by atoms with Gasteiger partial charge in [-0.3, -0.25) is 14.6 Å². The van der Waals surface area contributed by atoms with Crippen LogP contribution in [0.25, 0.3) is 0 Å². The summed E-state index contributed by atoms with van der Waals surface area (Å²) in [7, 11) is 1.42. The summed E-state index contributed by atoms with van der Waals surface area (Å²) in [5.74, 6) is -0.158. The van der Waals surface area contributed by atoms with E-state index in [2.05, 4.69) is 21.5 Å². The third-order valence-electron chi connectivity index (χ3n) is 4.30. The third kappa shape index (κ3) is 4.80. The highest BCUT2D eigenvalue weighted by Crippen LogP contribution is 2.17. The quantitative estimate of drug-likeness (QED) is 0.803. The van der Waals surface area contributed by atoms with Crippen LogP contribution in [-0.4, -0.2) is 66.8 Å². The van der Waals surface area contributed by atoms with E-state index < -0.39 is 6.10 Å². The molecule has 1 N–H and O–H groups in total. The van der Waals surface area contributed by atoms with Gasteiger partial charge in [0.15, 0.2) is 0 Å². The van der Waals surface area contributed by atoms with Gasteiger partial charge in [0, 0.05) is 38.8 Å². The van der Waals surface area contributed by atoms with E-state index >= 15 is 0 Å². The van der Waals surface area contributed by atoms with Gasteiger partial charge in [-0.2, -0.15) is 0 Å². The zero-order chi connectivity index (χ0) is 15.9. The lowest BCUT2D eigenvalue weighted by Crippen LogP contribution is -2.53. The fraction of sp³-hybridized carbons (Fsp3) is 0.588. The lowest BCUT2D eigenvalue weighted by Gasteiger charge is -2.40. The van der Waals surface area contributed by atoms with E-state index in [0.29, 0.717) is 19.0 Å². The first-order chi connectivity index (χ1) is 10.6. The molecule has 1 aromatic carbocycles. The van der Waals surface area contributed by atoms with Crippen molar-refractivity contribution in [3.8, 4) is 0 Å². The summed E-state index contributed by atoms with van der Waals surface area (Å²) in [6.07, 6.45) is -0.0131. The summed E-state index contributed by atoms with van der Waals surface area (Å²) in [6.45, 7) is 6.30. The van der Waals surface area contributed by atoms with Crippen LogP contribution in [-0.2, 0) is 9.53 Å². The Labute approximate surface area is 132 Å². The highest BCUT2D eigenvalue weighted by molar-refractivity contribution is 5.69. The fourth-order valence-corrected chi connectivity index (χ4v) is 2.90. The Balaban J connectivity index is 1.79. The van der Waals surface area contributed by atoms with E-state index in [1.54, 1.807) is 0 Å². The van der Waals surface area contributed by atoms with E-state index in [-0.39, 0.29) is 5.97 Å². The number of nitrogens with zero attached hydrogens (tertiary/aromatic N) is 2. The number of carbonyl (C=O) groups is 1. The molecule has 0 saturated carbocycles. The van der Waals surface area contributed by atoms with E-state index in [1.807, 2.05) is 30.3 Å². The largest absolute Gasteiger partial charge is 0.469 e. The van der Waals surface area contributed by atoms with Crippen LogP contribution < -0.4 is 0 Å². The van der Waals surface area contributed by atoms with Crippen LogP contribution in [0.3, 0.4) is 0 Å². The molecule has 1 saturated heterocycles. The van der Waals surface area contributed by atoms with Gasteiger partial charge in [0.05, 0.1) is 19.6 Å². The molecule has 0 spiro atoms. The Bertz CT molecular complexity index is 466. The number of hydrogen-bond donors (Lipinski definition) is 1. The standard InChI is InChI=1S/C17H26N2O3/c1-14-12-18(9-8-17(21)22-2)10-11-19(14)13-16(20)15-6-4-3-5-7-15/h3-7,14,16,20H,8-13H2,1-2H3. The number of rotatable bonds is 6. The normalized spacial score (nSPS) is 21.5. The third-order valence-corrected chi connectivity index (χ3v) is 4.30. The minimum Gasteiger partial charge on any atom is -0.469 e. The molecular formula is C17H26N2O3. The summed E-state index contributed by atoms with van der Waals surface area (Å²) in [5, 5.41) is 10.3. The zero-order valence-corrected chi connectivity index (χ0v) is 13.4. The maximum absolute atomic E-state index is 11.2. The monoisotopic (exact) mass is 306 g/mol. The van der Waals surface area contributed by atoms with Crippen LogP contribution >= 0.6 is 0 Å². The molecule has 1 heterocycles. The lowest BCUT2D eigenvalue weighted by molar-refractivity contribution is -0.141. The Morgan fingerprint density at radius 3 is 2.73 bits per heavy atom. The van der Waals surface area contributed by atoms with Crippen molar-refractivity contribution in [2.45, 2.75) is 25.5 Å². The number of aliphatic hydroxyl groups is 1. The Kier molecular flexibility index (Phi) is 6.36. The molecule has 5 nitrogen and oxygen atoms in total. The first-order valence-corrected chi connectivity index (χ1v) is 7.86. The number of β-amino-alcohol motifs (C(OH)–C–C–N with tert-alkyl or cyclic N) is 1. The number of methoxy groups -OCH3 is 1. The van der Waals surface area contributed by atoms with Crippen LogP contribution in [0.2, 0.25) is 0 Å². The zero-order valence-electron chi connectivity index (χ0n) is 13.4. The first-order valence-electron chi connectivity index (χ1n) is 7.86. The van der Waals surface area contributed by atoms with E-state index in [4.69, 9.17) is 0 Å². The van der Waals surface area contributed by atoms with Crippen LogP contribution in [0, 0.1) is 0 Å². The van der Waals surface area contributed by atoms with Gasteiger partial charge in [-0.05, 0) is 12.5 Å². The molecule has 0 bridgehead atoms. The van der Waals surface area contributed by atoms with Gasteiger partial charge in [0.1, 0.15) is 0 Å². The predicted octanol–water partition coefficient (Wildman–Crippen LogP) is 1.29. The number of esters is 1. The first kappa shape index (κ1) is 16.9. The molecule has 1 aliphatic rings. The van der Waals surface area contributed by atoms with E-state index in [9.17, 15) is 9.90 Å². The van der Waals surface area contributed by atoms with Crippen LogP contribution in [0.5, 0.6) is 0 Å². The van der Waals surface area contributed by atoms with Crippen molar-refractivity contribution in [1.82, 2.24) is 9.80 Å². The molecule has 1 aromatic rings. The molecule has 122 valence electrons. The summed E-state index contributed by atoms with van der Waals surface area (Å²) < 4.78 is 4.68. The number of piperazine rings is 1. The number of ether oxygens (including phenoxy) is 1. The summed E-state index contributed by atoms with van der Waals surface area (Å²) in [6, 6.07) is 10.1. The Morgan fingerprint density at radius 2 is 2.09 bits per heavy atom. The summed E-state index contributed by atoms with van der Waals surface area (Å²) in [4.78, 5) is 15.8. The van der Waals surface area contributed by atoms with Crippen LogP contribution in [0.4, 0.5) is 0 Å². The maximum Gasteiger partial charge on any atom is 0.306 e. The van der Waals surface area contributed by atoms with Crippen molar-refractivity contribution < 1.29 is 14.6 Å². The van der Waals surface area contributed by atoms with Crippen LogP contribution in [0.1, 0.15) is 25.0 Å². The molecule has 1 aliphatic heterocycles. The van der Waals surface area contributed by atoms with Gasteiger partial charge < -0.3 is 9.84 Å². The molecule has 22 heavy (non-hydrogen) atoms. The van der Waals surface area contributed by atoms with Gasteiger partial charge >= 0.3 is 5.97 Å². The molecule has 5 heteroatoms. The second-order valence-corrected chi connectivity index (χ2v) is 5.90. The predicted molar refractivity (Wildman–Crippen MR) is 85.5 cm³/mol.